The number of benzene rings is 2. The van der Waals surface area contributed by atoms with Crippen LogP contribution in [0.2, 0.25) is 0 Å². The van der Waals surface area contributed by atoms with Gasteiger partial charge in [-0.25, -0.2) is 4.79 Å². The van der Waals surface area contributed by atoms with Crippen molar-refractivity contribution in [3.63, 3.8) is 0 Å². The van der Waals surface area contributed by atoms with Crippen LogP contribution >= 0.6 is 0 Å². The zero-order chi connectivity index (χ0) is 18.7. The Morgan fingerprint density at radius 2 is 1.73 bits per heavy atom. The van der Waals surface area contributed by atoms with Crippen LogP contribution in [0.25, 0.3) is 0 Å². The molecule has 0 fully saturated rings. The normalized spacial score (nSPS) is 15.6. The number of nitrogens with one attached hydrogen (secondary N) is 2. The Labute approximate surface area is 151 Å². The highest BCUT2D eigenvalue weighted by molar-refractivity contribution is 6.00. The van der Waals surface area contributed by atoms with Crippen molar-refractivity contribution in [2.75, 3.05) is 10.6 Å². The van der Waals surface area contributed by atoms with Crippen LogP contribution in [0.1, 0.15) is 35.3 Å². The zero-order valence-electron chi connectivity index (χ0n) is 14.7. The summed E-state index contributed by atoms with van der Waals surface area (Å²) in [6, 6.07) is 12.3. The standard InChI is InChI=1S/C20H20N2O4/c1-3-13-4-9-17-14(10-13)11-18(26-20(17)25)19(24)22-16-7-5-15(6-8-16)21-12(2)23/h4-10,18H,3,11H2,1-2H3,(H,21,23)(H,22,24). The molecule has 6 nitrogen and oxygen atoms in total. The molecule has 6 heteroatoms. The fraction of sp³-hybridized carbons (Fsp3) is 0.250. The Hall–Kier alpha value is -3.15. The van der Waals surface area contributed by atoms with Crippen LogP contribution in [-0.4, -0.2) is 23.9 Å². The topological polar surface area (TPSA) is 84.5 Å². The molecule has 2 amide bonds. The molecule has 0 spiro atoms. The third kappa shape index (κ3) is 3.91. The molecule has 1 atom stereocenters. The molecular weight excluding hydrogens is 332 g/mol. The molecule has 0 bridgehead atoms. The zero-order valence-corrected chi connectivity index (χ0v) is 14.7. The number of hydrogen-bond acceptors (Lipinski definition) is 4. The molecule has 2 aromatic carbocycles. The first-order valence-corrected chi connectivity index (χ1v) is 8.47. The lowest BCUT2D eigenvalue weighted by Gasteiger charge is -2.24. The van der Waals surface area contributed by atoms with E-state index in [2.05, 4.69) is 10.6 Å². The van der Waals surface area contributed by atoms with Gasteiger partial charge in [0.05, 0.1) is 5.56 Å². The highest BCUT2D eigenvalue weighted by Gasteiger charge is 2.31. The lowest BCUT2D eigenvalue weighted by molar-refractivity contribution is -0.125. The molecule has 1 unspecified atom stereocenters. The van der Waals surface area contributed by atoms with Crippen molar-refractivity contribution in [3.05, 3.63) is 59.2 Å². The number of hydrogen-bond donors (Lipinski definition) is 2. The minimum atomic E-state index is -0.864. The third-order valence-corrected chi connectivity index (χ3v) is 4.22. The molecule has 0 radical (unpaired) electrons. The number of aryl methyl sites for hydroxylation is 1. The van der Waals surface area contributed by atoms with Crippen molar-refractivity contribution >= 4 is 29.2 Å². The van der Waals surface area contributed by atoms with E-state index in [1.165, 1.54) is 6.92 Å². The van der Waals surface area contributed by atoms with Gasteiger partial charge >= 0.3 is 5.97 Å². The Bertz CT molecular complexity index is 859. The molecule has 2 N–H and O–H groups in total. The fourth-order valence-electron chi connectivity index (χ4n) is 2.88. The number of fused-ring (bicyclic) bond motifs is 1. The Kier molecular flexibility index (Phi) is 5.02. The molecule has 1 heterocycles. The van der Waals surface area contributed by atoms with Crippen LogP contribution in [0.15, 0.2) is 42.5 Å². The van der Waals surface area contributed by atoms with Gasteiger partial charge in [0.15, 0.2) is 6.10 Å². The molecule has 2 aromatic rings. The smallest absolute Gasteiger partial charge is 0.339 e. The van der Waals surface area contributed by atoms with E-state index in [-0.39, 0.29) is 11.8 Å². The molecule has 0 aromatic heterocycles. The lowest BCUT2D eigenvalue weighted by atomic mass is 9.95. The number of amides is 2. The van der Waals surface area contributed by atoms with E-state index in [0.717, 1.165) is 17.5 Å². The van der Waals surface area contributed by atoms with Crippen LogP contribution in [0.5, 0.6) is 0 Å². The number of carbonyl (C=O) groups is 3. The average molecular weight is 352 g/mol. The number of rotatable bonds is 4. The van der Waals surface area contributed by atoms with Gasteiger partial charge in [0.1, 0.15) is 0 Å². The summed E-state index contributed by atoms with van der Waals surface area (Å²) in [6.45, 7) is 3.46. The van der Waals surface area contributed by atoms with E-state index in [4.69, 9.17) is 4.74 Å². The maximum atomic E-state index is 12.5. The van der Waals surface area contributed by atoms with Gasteiger partial charge < -0.3 is 15.4 Å². The number of esters is 1. The molecule has 1 aliphatic heterocycles. The van der Waals surface area contributed by atoms with Gasteiger partial charge in [-0.3, -0.25) is 9.59 Å². The Morgan fingerprint density at radius 3 is 2.35 bits per heavy atom. The summed E-state index contributed by atoms with van der Waals surface area (Å²) in [4.78, 5) is 35.7. The van der Waals surface area contributed by atoms with Gasteiger partial charge in [-0.15, -0.1) is 0 Å². The second-order valence-corrected chi connectivity index (χ2v) is 6.19. The summed E-state index contributed by atoms with van der Waals surface area (Å²) in [6.07, 6.45) is 0.349. The summed E-state index contributed by atoms with van der Waals surface area (Å²) >= 11 is 0. The molecule has 26 heavy (non-hydrogen) atoms. The molecule has 0 saturated heterocycles. The van der Waals surface area contributed by atoms with Gasteiger partial charge in [0.25, 0.3) is 5.91 Å². The first kappa shape index (κ1) is 17.7. The van der Waals surface area contributed by atoms with E-state index < -0.39 is 12.1 Å². The predicted octanol–water partition coefficient (Wildman–Crippen LogP) is 2.93. The van der Waals surface area contributed by atoms with Crippen molar-refractivity contribution < 1.29 is 19.1 Å². The van der Waals surface area contributed by atoms with Gasteiger partial charge in [-0.2, -0.15) is 0 Å². The predicted molar refractivity (Wildman–Crippen MR) is 98.1 cm³/mol. The maximum Gasteiger partial charge on any atom is 0.339 e. The van der Waals surface area contributed by atoms with Crippen molar-refractivity contribution in [3.8, 4) is 0 Å². The van der Waals surface area contributed by atoms with Gasteiger partial charge in [-0.1, -0.05) is 19.1 Å². The van der Waals surface area contributed by atoms with E-state index >= 15 is 0 Å². The summed E-state index contributed by atoms with van der Waals surface area (Å²) in [5, 5.41) is 5.40. The van der Waals surface area contributed by atoms with Crippen molar-refractivity contribution in [2.45, 2.75) is 32.8 Å². The quantitative estimate of drug-likeness (QED) is 0.829. The molecule has 0 aliphatic carbocycles. The highest BCUT2D eigenvalue weighted by atomic mass is 16.5. The van der Waals surface area contributed by atoms with E-state index in [1.807, 2.05) is 19.1 Å². The monoisotopic (exact) mass is 352 g/mol. The molecule has 1 aliphatic rings. The molecule has 0 saturated carbocycles. The summed E-state index contributed by atoms with van der Waals surface area (Å²) < 4.78 is 5.29. The maximum absolute atomic E-state index is 12.5. The van der Waals surface area contributed by atoms with Crippen LogP contribution in [0.3, 0.4) is 0 Å². The number of anilines is 2. The van der Waals surface area contributed by atoms with Crippen LogP contribution < -0.4 is 10.6 Å². The highest BCUT2D eigenvalue weighted by Crippen LogP contribution is 2.23. The number of ether oxygens (including phenoxy) is 1. The van der Waals surface area contributed by atoms with Crippen molar-refractivity contribution in [2.24, 2.45) is 0 Å². The second kappa shape index (κ2) is 7.39. The first-order chi connectivity index (χ1) is 12.5. The minimum Gasteiger partial charge on any atom is -0.448 e. The summed E-state index contributed by atoms with van der Waals surface area (Å²) in [5.74, 6) is -1.02. The van der Waals surface area contributed by atoms with Crippen molar-refractivity contribution in [1.29, 1.82) is 0 Å². The van der Waals surface area contributed by atoms with Crippen LogP contribution in [0, 0.1) is 0 Å². The SMILES string of the molecule is CCc1ccc2c(c1)CC(C(=O)Nc1ccc(NC(C)=O)cc1)OC2=O. The fourth-order valence-corrected chi connectivity index (χ4v) is 2.88. The molecular formula is C20H20N2O4. The lowest BCUT2D eigenvalue weighted by Crippen LogP contribution is -2.38. The van der Waals surface area contributed by atoms with E-state index in [9.17, 15) is 14.4 Å². The van der Waals surface area contributed by atoms with Gasteiger partial charge in [-0.05, 0) is 47.9 Å². The molecule has 3 rings (SSSR count). The van der Waals surface area contributed by atoms with Crippen molar-refractivity contribution in [1.82, 2.24) is 0 Å². The molecule has 134 valence electrons. The Morgan fingerprint density at radius 1 is 1.08 bits per heavy atom. The first-order valence-electron chi connectivity index (χ1n) is 8.47. The third-order valence-electron chi connectivity index (χ3n) is 4.22. The summed E-state index contributed by atoms with van der Waals surface area (Å²) in [7, 11) is 0. The summed E-state index contributed by atoms with van der Waals surface area (Å²) in [5.41, 5.74) is 3.67. The van der Waals surface area contributed by atoms with E-state index in [1.54, 1.807) is 30.3 Å². The number of carbonyl (C=O) groups excluding carboxylic acids is 3. The second-order valence-electron chi connectivity index (χ2n) is 6.19. The van der Waals surface area contributed by atoms with Gasteiger partial charge in [0.2, 0.25) is 5.91 Å². The minimum absolute atomic E-state index is 0.166. The Balaban J connectivity index is 1.70. The van der Waals surface area contributed by atoms with Gasteiger partial charge in [0, 0.05) is 24.7 Å². The number of cyclic esters (lactones) is 1. The average Bonchev–Trinajstić information content (AvgIpc) is 2.62. The van der Waals surface area contributed by atoms with Crippen LogP contribution in [-0.2, 0) is 27.2 Å². The van der Waals surface area contributed by atoms with Crippen LogP contribution in [0.4, 0.5) is 11.4 Å². The largest absolute Gasteiger partial charge is 0.448 e. The van der Waals surface area contributed by atoms with E-state index in [0.29, 0.717) is 23.4 Å².